The van der Waals surface area contributed by atoms with Crippen molar-refractivity contribution in [1.82, 2.24) is 15.1 Å². The van der Waals surface area contributed by atoms with Gasteiger partial charge in [0.1, 0.15) is 5.75 Å². The summed E-state index contributed by atoms with van der Waals surface area (Å²) in [6.07, 6.45) is 0. The van der Waals surface area contributed by atoms with E-state index in [-0.39, 0.29) is 0 Å². The number of hydrogen-bond acceptors (Lipinski definition) is 5. The van der Waals surface area contributed by atoms with Crippen molar-refractivity contribution in [3.05, 3.63) is 78.2 Å². The van der Waals surface area contributed by atoms with Crippen molar-refractivity contribution < 1.29 is 9.15 Å². The molecule has 0 saturated carbocycles. The first kappa shape index (κ1) is 17.2. The molecule has 0 spiro atoms. The van der Waals surface area contributed by atoms with Gasteiger partial charge in [-0.1, -0.05) is 36.4 Å². The zero-order valence-corrected chi connectivity index (χ0v) is 15.4. The Labute approximate surface area is 158 Å². The maximum absolute atomic E-state index is 5.80. The van der Waals surface area contributed by atoms with Gasteiger partial charge in [0.05, 0.1) is 13.7 Å². The van der Waals surface area contributed by atoms with Crippen molar-refractivity contribution in [2.75, 3.05) is 14.2 Å². The largest absolute Gasteiger partial charge is 0.497 e. The SMILES string of the molecule is COc1ccc2cc(CN(C)Cc3nnc(-c4ccccc4)o3)ccc2c1. The van der Waals surface area contributed by atoms with Crippen molar-refractivity contribution in [3.63, 3.8) is 0 Å². The van der Waals surface area contributed by atoms with Crippen molar-refractivity contribution in [1.29, 1.82) is 0 Å². The average Bonchev–Trinajstić information content (AvgIpc) is 3.16. The fraction of sp³-hybridized carbons (Fsp3) is 0.182. The predicted molar refractivity (Wildman–Crippen MR) is 105 cm³/mol. The van der Waals surface area contributed by atoms with Gasteiger partial charge >= 0.3 is 0 Å². The molecule has 3 aromatic carbocycles. The molecule has 0 atom stereocenters. The predicted octanol–water partition coefficient (Wildman–Crippen LogP) is 4.53. The van der Waals surface area contributed by atoms with Crippen molar-refractivity contribution in [2.24, 2.45) is 0 Å². The maximum atomic E-state index is 5.80. The molecule has 0 radical (unpaired) electrons. The Morgan fingerprint density at radius 2 is 1.67 bits per heavy atom. The smallest absolute Gasteiger partial charge is 0.247 e. The lowest BCUT2D eigenvalue weighted by Crippen LogP contribution is -2.17. The molecule has 27 heavy (non-hydrogen) atoms. The molecule has 0 saturated heterocycles. The van der Waals surface area contributed by atoms with Crippen LogP contribution in [0, 0.1) is 0 Å². The van der Waals surface area contributed by atoms with Crippen LogP contribution in [0.2, 0.25) is 0 Å². The van der Waals surface area contributed by atoms with Crippen LogP contribution in [0.5, 0.6) is 5.75 Å². The molecule has 0 aliphatic rings. The summed E-state index contributed by atoms with van der Waals surface area (Å²) in [6, 6.07) is 22.4. The van der Waals surface area contributed by atoms with Crippen LogP contribution >= 0.6 is 0 Å². The molecule has 0 unspecified atom stereocenters. The molecule has 5 nitrogen and oxygen atoms in total. The lowest BCUT2D eigenvalue weighted by atomic mass is 10.1. The van der Waals surface area contributed by atoms with Gasteiger partial charge in [-0.3, -0.25) is 4.90 Å². The number of fused-ring (bicyclic) bond motifs is 1. The van der Waals surface area contributed by atoms with Crippen LogP contribution < -0.4 is 4.74 Å². The number of nitrogens with zero attached hydrogens (tertiary/aromatic N) is 3. The van der Waals surface area contributed by atoms with E-state index in [4.69, 9.17) is 9.15 Å². The molecule has 5 heteroatoms. The monoisotopic (exact) mass is 359 g/mol. The van der Waals surface area contributed by atoms with E-state index < -0.39 is 0 Å². The quantitative estimate of drug-likeness (QED) is 0.506. The van der Waals surface area contributed by atoms with Crippen LogP contribution in [0.15, 0.2) is 71.1 Å². The first-order chi connectivity index (χ1) is 13.2. The Bertz CT molecular complexity index is 1040. The van der Waals surface area contributed by atoms with Gasteiger partial charge < -0.3 is 9.15 Å². The summed E-state index contributed by atoms with van der Waals surface area (Å²) in [5, 5.41) is 10.7. The highest BCUT2D eigenvalue weighted by molar-refractivity contribution is 5.84. The highest BCUT2D eigenvalue weighted by Gasteiger charge is 2.11. The first-order valence-corrected chi connectivity index (χ1v) is 8.84. The molecule has 136 valence electrons. The topological polar surface area (TPSA) is 51.4 Å². The highest BCUT2D eigenvalue weighted by atomic mass is 16.5. The molecular formula is C22H21N3O2. The van der Waals surface area contributed by atoms with Crippen LogP contribution in [0.1, 0.15) is 11.5 Å². The number of rotatable bonds is 6. The zero-order chi connectivity index (χ0) is 18.6. The second-order valence-electron chi connectivity index (χ2n) is 6.59. The molecule has 0 aliphatic heterocycles. The van der Waals surface area contributed by atoms with Crippen LogP contribution in [-0.4, -0.2) is 29.3 Å². The minimum atomic E-state index is 0.554. The van der Waals surface area contributed by atoms with Gasteiger partial charge in [0.15, 0.2) is 0 Å². The van der Waals surface area contributed by atoms with E-state index in [0.29, 0.717) is 18.3 Å². The summed E-state index contributed by atoms with van der Waals surface area (Å²) in [7, 11) is 3.73. The number of ether oxygens (including phenoxy) is 1. The minimum absolute atomic E-state index is 0.554. The molecule has 4 aromatic rings. The van der Waals surface area contributed by atoms with E-state index in [0.717, 1.165) is 17.9 Å². The maximum Gasteiger partial charge on any atom is 0.247 e. The summed E-state index contributed by atoms with van der Waals surface area (Å²) in [6.45, 7) is 1.39. The summed E-state index contributed by atoms with van der Waals surface area (Å²) < 4.78 is 11.1. The van der Waals surface area contributed by atoms with Gasteiger partial charge in [-0.05, 0) is 53.7 Å². The Morgan fingerprint density at radius 1 is 0.889 bits per heavy atom. The summed E-state index contributed by atoms with van der Waals surface area (Å²) in [5.74, 6) is 2.04. The number of aromatic nitrogens is 2. The minimum Gasteiger partial charge on any atom is -0.497 e. The number of hydrogen-bond donors (Lipinski definition) is 0. The fourth-order valence-electron chi connectivity index (χ4n) is 3.11. The fourth-order valence-corrected chi connectivity index (χ4v) is 3.11. The van der Waals surface area contributed by atoms with E-state index in [1.807, 2.05) is 49.5 Å². The van der Waals surface area contributed by atoms with Crippen molar-refractivity contribution >= 4 is 10.8 Å². The molecule has 0 amide bonds. The van der Waals surface area contributed by atoms with E-state index in [9.17, 15) is 0 Å². The Balaban J connectivity index is 1.44. The Kier molecular flexibility index (Phi) is 4.85. The molecule has 1 aromatic heterocycles. The zero-order valence-electron chi connectivity index (χ0n) is 15.4. The second kappa shape index (κ2) is 7.60. The third kappa shape index (κ3) is 3.99. The van der Waals surface area contributed by atoms with Crippen LogP contribution in [0.4, 0.5) is 0 Å². The standard InChI is InChI=1S/C22H21N3O2/c1-25(15-21-23-24-22(27-21)17-6-4-3-5-7-17)14-16-8-9-19-13-20(26-2)11-10-18(19)12-16/h3-13H,14-15H2,1-2H3. The second-order valence-corrected chi connectivity index (χ2v) is 6.59. The van der Waals surface area contributed by atoms with Gasteiger partial charge in [0.25, 0.3) is 0 Å². The van der Waals surface area contributed by atoms with Gasteiger partial charge in [-0.15, -0.1) is 10.2 Å². The van der Waals surface area contributed by atoms with Crippen LogP contribution in [0.3, 0.4) is 0 Å². The molecule has 0 N–H and O–H groups in total. The van der Waals surface area contributed by atoms with E-state index in [2.05, 4.69) is 39.4 Å². The van der Waals surface area contributed by atoms with Crippen LogP contribution in [0.25, 0.3) is 22.2 Å². The molecule has 0 aliphatic carbocycles. The average molecular weight is 359 g/mol. The molecule has 0 fully saturated rings. The molecular weight excluding hydrogens is 338 g/mol. The Hall–Kier alpha value is -3.18. The van der Waals surface area contributed by atoms with Crippen LogP contribution in [-0.2, 0) is 13.1 Å². The van der Waals surface area contributed by atoms with Gasteiger partial charge in [0, 0.05) is 12.1 Å². The number of benzene rings is 3. The first-order valence-electron chi connectivity index (χ1n) is 8.84. The Morgan fingerprint density at radius 3 is 2.48 bits per heavy atom. The van der Waals surface area contributed by atoms with Gasteiger partial charge in [-0.25, -0.2) is 0 Å². The van der Waals surface area contributed by atoms with E-state index in [1.165, 1.54) is 16.3 Å². The van der Waals surface area contributed by atoms with Crippen molar-refractivity contribution in [2.45, 2.75) is 13.1 Å². The third-order valence-electron chi connectivity index (χ3n) is 4.46. The van der Waals surface area contributed by atoms with E-state index in [1.54, 1.807) is 7.11 Å². The lowest BCUT2D eigenvalue weighted by molar-refractivity contribution is 0.283. The highest BCUT2D eigenvalue weighted by Crippen LogP contribution is 2.23. The molecule has 0 bridgehead atoms. The summed E-state index contributed by atoms with van der Waals surface area (Å²) in [5.41, 5.74) is 2.17. The van der Waals surface area contributed by atoms with Gasteiger partial charge in [0.2, 0.25) is 11.8 Å². The molecule has 1 heterocycles. The number of methoxy groups -OCH3 is 1. The molecule has 4 rings (SSSR count). The summed E-state index contributed by atoms with van der Waals surface area (Å²) in [4.78, 5) is 2.16. The van der Waals surface area contributed by atoms with E-state index >= 15 is 0 Å². The third-order valence-corrected chi connectivity index (χ3v) is 4.46. The lowest BCUT2D eigenvalue weighted by Gasteiger charge is -2.15. The normalized spacial score (nSPS) is 11.2. The summed E-state index contributed by atoms with van der Waals surface area (Å²) >= 11 is 0. The van der Waals surface area contributed by atoms with Gasteiger partial charge in [-0.2, -0.15) is 0 Å². The van der Waals surface area contributed by atoms with Crippen molar-refractivity contribution in [3.8, 4) is 17.2 Å².